The Kier molecular flexibility index (Phi) is 7.31. The number of carbonyl (C=O) groups is 2. The number of nitrogens with one attached hydrogen (secondary N) is 1. The lowest BCUT2D eigenvalue weighted by Crippen LogP contribution is -2.55. The number of alkyl carbamates (subject to hydrolysis) is 1. The van der Waals surface area contributed by atoms with E-state index in [-0.39, 0.29) is 0 Å². The molecule has 2 atom stereocenters. The number of nitrogens with zero attached hydrogens (tertiary/aromatic N) is 1. The van der Waals surface area contributed by atoms with Gasteiger partial charge < -0.3 is 14.8 Å². The second-order valence-electron chi connectivity index (χ2n) is 7.08. The zero-order valence-corrected chi connectivity index (χ0v) is 15.1. The van der Waals surface area contributed by atoms with Gasteiger partial charge in [-0.3, -0.25) is 9.63 Å². The standard InChI is InChI=1S/C15H30N2O5/c1-10(21-14(2,3)4)11(12(18)17(8)20-9)16-13(19)22-15(5,6)7/h10-11H,1-9H3,(H,16,19)/t10-,11+/m1/s1. The second kappa shape index (κ2) is 7.78. The quantitative estimate of drug-likeness (QED) is 0.786. The van der Waals surface area contributed by atoms with Crippen LogP contribution in [0.25, 0.3) is 0 Å². The van der Waals surface area contributed by atoms with Crippen molar-refractivity contribution >= 4 is 12.0 Å². The Bertz CT molecular complexity index is 384. The van der Waals surface area contributed by atoms with E-state index in [2.05, 4.69) is 5.32 Å². The molecule has 0 aromatic rings. The molecule has 0 radical (unpaired) electrons. The topological polar surface area (TPSA) is 77.1 Å². The first-order chi connectivity index (χ1) is 9.76. The van der Waals surface area contributed by atoms with Gasteiger partial charge in [-0.2, -0.15) is 0 Å². The van der Waals surface area contributed by atoms with Crippen LogP contribution in [0.5, 0.6) is 0 Å². The van der Waals surface area contributed by atoms with Gasteiger partial charge in [0, 0.05) is 7.05 Å². The monoisotopic (exact) mass is 318 g/mol. The van der Waals surface area contributed by atoms with E-state index in [1.807, 2.05) is 20.8 Å². The molecular formula is C15H30N2O5. The molecule has 0 spiro atoms. The Morgan fingerprint density at radius 3 is 1.91 bits per heavy atom. The zero-order valence-electron chi connectivity index (χ0n) is 15.1. The predicted molar refractivity (Wildman–Crippen MR) is 83.2 cm³/mol. The first-order valence-corrected chi connectivity index (χ1v) is 7.26. The largest absolute Gasteiger partial charge is 0.444 e. The van der Waals surface area contributed by atoms with Crippen molar-refractivity contribution in [2.24, 2.45) is 0 Å². The number of hydroxylamine groups is 2. The van der Waals surface area contributed by atoms with Gasteiger partial charge in [-0.25, -0.2) is 9.86 Å². The fourth-order valence-corrected chi connectivity index (χ4v) is 1.73. The fraction of sp³-hybridized carbons (Fsp3) is 0.867. The molecule has 1 N–H and O–H groups in total. The molecule has 0 aliphatic carbocycles. The van der Waals surface area contributed by atoms with Crippen LogP contribution in [-0.2, 0) is 19.1 Å². The van der Waals surface area contributed by atoms with E-state index >= 15 is 0 Å². The molecule has 22 heavy (non-hydrogen) atoms. The maximum atomic E-state index is 12.4. The van der Waals surface area contributed by atoms with Crippen LogP contribution in [-0.4, -0.2) is 54.6 Å². The normalized spacial score (nSPS) is 15.0. The summed E-state index contributed by atoms with van der Waals surface area (Å²) in [5.41, 5.74) is -1.11. The SMILES string of the molecule is CON(C)C(=O)[C@@H](NC(=O)OC(C)(C)C)[C@@H](C)OC(C)(C)C. The van der Waals surface area contributed by atoms with Crippen molar-refractivity contribution in [1.82, 2.24) is 10.4 Å². The van der Waals surface area contributed by atoms with Crippen molar-refractivity contribution in [3.8, 4) is 0 Å². The van der Waals surface area contributed by atoms with Crippen LogP contribution in [0.1, 0.15) is 48.5 Å². The molecule has 0 heterocycles. The van der Waals surface area contributed by atoms with Gasteiger partial charge in [-0.1, -0.05) is 0 Å². The van der Waals surface area contributed by atoms with Crippen molar-refractivity contribution in [2.75, 3.05) is 14.2 Å². The number of carbonyl (C=O) groups excluding carboxylic acids is 2. The Balaban J connectivity index is 5.09. The minimum Gasteiger partial charge on any atom is -0.444 e. The van der Waals surface area contributed by atoms with Crippen molar-refractivity contribution in [3.05, 3.63) is 0 Å². The van der Waals surface area contributed by atoms with E-state index in [0.29, 0.717) is 0 Å². The Hall–Kier alpha value is -1.34. The summed E-state index contributed by atoms with van der Waals surface area (Å²) in [4.78, 5) is 29.2. The number of likely N-dealkylation sites (N-methyl/N-ethyl adjacent to an activating group) is 1. The summed E-state index contributed by atoms with van der Waals surface area (Å²) in [6, 6.07) is -0.918. The summed E-state index contributed by atoms with van der Waals surface area (Å²) >= 11 is 0. The third-order valence-corrected chi connectivity index (χ3v) is 2.53. The average molecular weight is 318 g/mol. The van der Waals surface area contributed by atoms with Gasteiger partial charge >= 0.3 is 6.09 Å². The van der Waals surface area contributed by atoms with Gasteiger partial charge in [0.25, 0.3) is 5.91 Å². The lowest BCUT2D eigenvalue weighted by molar-refractivity contribution is -0.177. The minimum absolute atomic E-state index is 0.426. The van der Waals surface area contributed by atoms with Crippen molar-refractivity contribution < 1.29 is 23.9 Å². The molecule has 0 saturated carbocycles. The average Bonchev–Trinajstić information content (AvgIpc) is 2.29. The summed E-state index contributed by atoms with van der Waals surface area (Å²) in [7, 11) is 2.84. The van der Waals surface area contributed by atoms with E-state index in [0.717, 1.165) is 5.06 Å². The molecule has 0 bridgehead atoms. The molecule has 0 aromatic heterocycles. The van der Waals surface area contributed by atoms with Gasteiger partial charge in [-0.05, 0) is 48.5 Å². The molecule has 0 unspecified atom stereocenters. The number of amides is 2. The lowest BCUT2D eigenvalue weighted by Gasteiger charge is -2.32. The molecule has 0 saturated heterocycles. The van der Waals surface area contributed by atoms with Crippen LogP contribution in [0.2, 0.25) is 0 Å². The van der Waals surface area contributed by atoms with Crippen molar-refractivity contribution in [1.29, 1.82) is 0 Å². The third-order valence-electron chi connectivity index (χ3n) is 2.53. The van der Waals surface area contributed by atoms with Crippen LogP contribution < -0.4 is 5.32 Å². The van der Waals surface area contributed by atoms with Crippen LogP contribution in [0.3, 0.4) is 0 Å². The highest BCUT2D eigenvalue weighted by Crippen LogP contribution is 2.15. The Morgan fingerprint density at radius 1 is 1.05 bits per heavy atom. The van der Waals surface area contributed by atoms with E-state index in [9.17, 15) is 9.59 Å². The number of ether oxygens (including phenoxy) is 2. The van der Waals surface area contributed by atoms with Gasteiger partial charge in [0.15, 0.2) is 0 Å². The van der Waals surface area contributed by atoms with Gasteiger partial charge in [0.2, 0.25) is 0 Å². The first kappa shape index (κ1) is 20.7. The highest BCUT2D eigenvalue weighted by atomic mass is 16.7. The predicted octanol–water partition coefficient (Wildman–Crippen LogP) is 2.10. The van der Waals surface area contributed by atoms with Crippen LogP contribution >= 0.6 is 0 Å². The van der Waals surface area contributed by atoms with Gasteiger partial charge in [0.05, 0.1) is 18.8 Å². The molecule has 0 aromatic carbocycles. The summed E-state index contributed by atoms with van der Waals surface area (Å²) < 4.78 is 11.0. The molecule has 0 aliphatic heterocycles. The Labute approximate surface area is 133 Å². The highest BCUT2D eigenvalue weighted by Gasteiger charge is 2.34. The second-order valence-corrected chi connectivity index (χ2v) is 7.08. The molecule has 0 aliphatic rings. The maximum Gasteiger partial charge on any atom is 0.408 e. The van der Waals surface area contributed by atoms with E-state index in [1.54, 1.807) is 27.7 Å². The molecule has 2 amide bonds. The number of hydrogen-bond acceptors (Lipinski definition) is 5. The minimum atomic E-state index is -0.918. The number of rotatable bonds is 5. The van der Waals surface area contributed by atoms with Crippen LogP contribution in [0.4, 0.5) is 4.79 Å². The maximum absolute atomic E-state index is 12.4. The molecule has 7 heteroatoms. The Morgan fingerprint density at radius 2 is 1.55 bits per heavy atom. The van der Waals surface area contributed by atoms with E-state index < -0.39 is 35.3 Å². The van der Waals surface area contributed by atoms with Crippen LogP contribution in [0, 0.1) is 0 Å². The summed E-state index contributed by atoms with van der Waals surface area (Å²) in [5, 5.41) is 3.60. The summed E-state index contributed by atoms with van der Waals surface area (Å²) in [6.45, 7) is 12.6. The van der Waals surface area contributed by atoms with Gasteiger partial charge in [-0.15, -0.1) is 0 Å². The fourth-order valence-electron chi connectivity index (χ4n) is 1.73. The lowest BCUT2D eigenvalue weighted by atomic mass is 10.1. The van der Waals surface area contributed by atoms with E-state index in [4.69, 9.17) is 14.3 Å². The van der Waals surface area contributed by atoms with Gasteiger partial charge in [0.1, 0.15) is 11.6 Å². The third kappa shape index (κ3) is 8.19. The smallest absolute Gasteiger partial charge is 0.408 e. The summed E-state index contributed by atoms with van der Waals surface area (Å²) in [6.07, 6.45) is -1.24. The molecule has 0 rings (SSSR count). The molecule has 0 fully saturated rings. The van der Waals surface area contributed by atoms with Crippen LogP contribution in [0.15, 0.2) is 0 Å². The van der Waals surface area contributed by atoms with Crippen molar-refractivity contribution in [3.63, 3.8) is 0 Å². The zero-order chi connectivity index (χ0) is 17.7. The van der Waals surface area contributed by atoms with Crippen molar-refractivity contribution in [2.45, 2.75) is 71.8 Å². The molecule has 7 nitrogen and oxygen atoms in total. The number of hydrogen-bond donors (Lipinski definition) is 1. The molecular weight excluding hydrogens is 288 g/mol. The first-order valence-electron chi connectivity index (χ1n) is 7.26. The molecule has 130 valence electrons. The van der Waals surface area contributed by atoms with E-state index in [1.165, 1.54) is 14.2 Å². The highest BCUT2D eigenvalue weighted by molar-refractivity contribution is 5.85. The summed E-state index contributed by atoms with van der Waals surface area (Å²) in [5.74, 6) is -0.426.